The molecule has 1 N–H and O–H groups in total. The Labute approximate surface area is 208 Å². The van der Waals surface area contributed by atoms with Gasteiger partial charge in [-0.3, -0.25) is 9.59 Å². The van der Waals surface area contributed by atoms with Gasteiger partial charge < -0.3 is 14.7 Å². The Balaban J connectivity index is 1.73. The number of likely N-dealkylation sites (tertiary alicyclic amines) is 1. The van der Waals surface area contributed by atoms with Crippen LogP contribution < -0.4 is 0 Å². The number of aliphatic hydroxyl groups excluding tert-OH is 1. The molecule has 1 fully saturated rings. The van der Waals surface area contributed by atoms with E-state index in [1.807, 2.05) is 32.0 Å². The molecule has 3 aromatic rings. The summed E-state index contributed by atoms with van der Waals surface area (Å²) < 4.78 is 18.6. The Hall–Kier alpha value is -4.26. The van der Waals surface area contributed by atoms with Crippen molar-refractivity contribution in [1.82, 2.24) is 4.90 Å². The third-order valence-corrected chi connectivity index (χ3v) is 6.00. The van der Waals surface area contributed by atoms with Crippen LogP contribution in [0.25, 0.3) is 5.76 Å². The van der Waals surface area contributed by atoms with Gasteiger partial charge in [-0.15, -0.1) is 0 Å². The van der Waals surface area contributed by atoms with Gasteiger partial charge in [-0.05, 0) is 60.9 Å². The lowest BCUT2D eigenvalue weighted by Crippen LogP contribution is -2.29. The summed E-state index contributed by atoms with van der Waals surface area (Å²) in [6, 6.07) is 18.2. The maximum absolute atomic E-state index is 13.4. The molecule has 0 spiro atoms. The number of esters is 1. The molecule has 7 heteroatoms. The first-order valence-corrected chi connectivity index (χ1v) is 11.7. The molecule has 6 nitrogen and oxygen atoms in total. The van der Waals surface area contributed by atoms with Crippen molar-refractivity contribution in [2.24, 2.45) is 0 Å². The van der Waals surface area contributed by atoms with Crippen LogP contribution in [-0.4, -0.2) is 34.3 Å². The average molecular weight is 488 g/mol. The normalized spacial score (nSPS) is 16.9. The van der Waals surface area contributed by atoms with E-state index in [1.165, 1.54) is 29.2 Å². The molecule has 36 heavy (non-hydrogen) atoms. The summed E-state index contributed by atoms with van der Waals surface area (Å²) in [5.74, 6) is -2.84. The number of ether oxygens (including phenoxy) is 1. The number of amides is 1. The molecule has 0 saturated carbocycles. The number of ketones is 1. The molecule has 0 radical (unpaired) electrons. The summed E-state index contributed by atoms with van der Waals surface area (Å²) in [4.78, 5) is 39.8. The minimum atomic E-state index is -0.843. The topological polar surface area (TPSA) is 83.9 Å². The van der Waals surface area contributed by atoms with Crippen molar-refractivity contribution in [3.05, 3.63) is 112 Å². The van der Waals surface area contributed by atoms with Crippen LogP contribution in [0, 0.1) is 12.7 Å². The summed E-state index contributed by atoms with van der Waals surface area (Å²) in [5.41, 5.74) is 2.86. The molecule has 184 valence electrons. The van der Waals surface area contributed by atoms with Gasteiger partial charge in [-0.2, -0.15) is 0 Å². The van der Waals surface area contributed by atoms with E-state index in [1.54, 1.807) is 30.3 Å². The predicted octanol–water partition coefficient (Wildman–Crippen LogP) is 5.32. The van der Waals surface area contributed by atoms with Crippen molar-refractivity contribution in [2.45, 2.75) is 32.9 Å². The zero-order valence-corrected chi connectivity index (χ0v) is 20.0. The SMILES string of the molecule is CCCOC(=O)c1ccc(CN2C(=O)C(=O)/C(=C(/O)c3ccc(F)cc3)C2c2cccc(C)c2)cc1. The molecule has 1 saturated heterocycles. The van der Waals surface area contributed by atoms with Gasteiger partial charge in [0.2, 0.25) is 0 Å². The van der Waals surface area contributed by atoms with Crippen molar-refractivity contribution in [3.63, 3.8) is 0 Å². The highest BCUT2D eigenvalue weighted by Gasteiger charge is 2.46. The van der Waals surface area contributed by atoms with Crippen LogP contribution in [0.1, 0.15) is 52.0 Å². The fourth-order valence-corrected chi connectivity index (χ4v) is 4.21. The smallest absolute Gasteiger partial charge is 0.338 e. The number of halogens is 1. The lowest BCUT2D eigenvalue weighted by Gasteiger charge is -2.26. The van der Waals surface area contributed by atoms with Crippen LogP contribution in [0.4, 0.5) is 4.39 Å². The van der Waals surface area contributed by atoms with Crippen molar-refractivity contribution in [2.75, 3.05) is 6.61 Å². The minimum absolute atomic E-state index is 0.0584. The monoisotopic (exact) mass is 487 g/mol. The highest BCUT2D eigenvalue weighted by molar-refractivity contribution is 6.46. The van der Waals surface area contributed by atoms with Crippen molar-refractivity contribution < 1.29 is 28.6 Å². The Bertz CT molecular complexity index is 1330. The molecule has 1 aliphatic heterocycles. The van der Waals surface area contributed by atoms with Gasteiger partial charge in [0.1, 0.15) is 11.6 Å². The van der Waals surface area contributed by atoms with Crippen molar-refractivity contribution in [3.8, 4) is 0 Å². The van der Waals surface area contributed by atoms with E-state index < -0.39 is 29.5 Å². The first-order chi connectivity index (χ1) is 17.3. The van der Waals surface area contributed by atoms with Crippen molar-refractivity contribution >= 4 is 23.4 Å². The number of nitrogens with zero attached hydrogens (tertiary/aromatic N) is 1. The van der Waals surface area contributed by atoms with Crippen molar-refractivity contribution in [1.29, 1.82) is 0 Å². The highest BCUT2D eigenvalue weighted by atomic mass is 19.1. The van der Waals surface area contributed by atoms with E-state index in [0.29, 0.717) is 23.3 Å². The highest BCUT2D eigenvalue weighted by Crippen LogP contribution is 2.40. The molecule has 0 bridgehead atoms. The van der Waals surface area contributed by atoms with Crippen LogP contribution >= 0.6 is 0 Å². The van der Waals surface area contributed by atoms with E-state index in [9.17, 15) is 23.9 Å². The average Bonchev–Trinajstić information content (AvgIpc) is 3.12. The Morgan fingerprint density at radius 3 is 2.31 bits per heavy atom. The summed E-state index contributed by atoms with van der Waals surface area (Å²) in [6.07, 6.45) is 0.718. The number of aliphatic hydroxyl groups is 1. The zero-order valence-electron chi connectivity index (χ0n) is 20.0. The van der Waals surface area contributed by atoms with E-state index in [2.05, 4.69) is 0 Å². The summed E-state index contributed by atoms with van der Waals surface area (Å²) in [6.45, 7) is 4.21. The van der Waals surface area contributed by atoms with Gasteiger partial charge in [0.15, 0.2) is 0 Å². The van der Waals surface area contributed by atoms with Gasteiger partial charge in [0.05, 0.1) is 23.8 Å². The van der Waals surface area contributed by atoms with Crippen LogP contribution in [0.3, 0.4) is 0 Å². The molecule has 0 aliphatic carbocycles. The number of hydrogen-bond donors (Lipinski definition) is 1. The maximum Gasteiger partial charge on any atom is 0.338 e. The molecule has 3 aromatic carbocycles. The number of hydrogen-bond acceptors (Lipinski definition) is 5. The molecule has 1 unspecified atom stereocenters. The molecular formula is C29H26FNO5. The van der Waals surface area contributed by atoms with Gasteiger partial charge in [-0.25, -0.2) is 9.18 Å². The Kier molecular flexibility index (Phi) is 7.29. The van der Waals surface area contributed by atoms with E-state index in [4.69, 9.17) is 4.74 Å². The molecule has 1 aliphatic rings. The fourth-order valence-electron chi connectivity index (χ4n) is 4.21. The van der Waals surface area contributed by atoms with Crippen LogP contribution in [-0.2, 0) is 20.9 Å². The molecule has 1 atom stereocenters. The summed E-state index contributed by atoms with van der Waals surface area (Å²) in [7, 11) is 0. The second-order valence-corrected chi connectivity index (χ2v) is 8.68. The van der Waals surface area contributed by atoms with Gasteiger partial charge >= 0.3 is 5.97 Å². The summed E-state index contributed by atoms with van der Waals surface area (Å²) in [5, 5.41) is 11.1. The van der Waals surface area contributed by atoms with Gasteiger partial charge in [-0.1, -0.05) is 48.9 Å². The Morgan fingerprint density at radius 2 is 1.67 bits per heavy atom. The molecule has 0 aromatic heterocycles. The summed E-state index contributed by atoms with van der Waals surface area (Å²) >= 11 is 0. The number of Topliss-reactive ketones (excluding diaryl/α,β-unsaturated/α-hetero) is 1. The number of rotatable bonds is 7. The van der Waals surface area contributed by atoms with Gasteiger partial charge in [0.25, 0.3) is 11.7 Å². The van der Waals surface area contributed by atoms with E-state index in [0.717, 1.165) is 12.0 Å². The largest absolute Gasteiger partial charge is 0.507 e. The molecular weight excluding hydrogens is 461 g/mol. The maximum atomic E-state index is 13.4. The number of carbonyl (C=O) groups is 3. The molecule has 1 heterocycles. The second kappa shape index (κ2) is 10.6. The molecule has 4 rings (SSSR count). The number of aryl methyl sites for hydroxylation is 1. The second-order valence-electron chi connectivity index (χ2n) is 8.68. The fraction of sp³-hybridized carbons (Fsp3) is 0.207. The minimum Gasteiger partial charge on any atom is -0.507 e. The van der Waals surface area contributed by atoms with E-state index in [-0.39, 0.29) is 23.4 Å². The molecule has 1 amide bonds. The first-order valence-electron chi connectivity index (χ1n) is 11.7. The van der Waals surface area contributed by atoms with E-state index >= 15 is 0 Å². The zero-order chi connectivity index (χ0) is 25.8. The lowest BCUT2D eigenvalue weighted by atomic mass is 9.94. The standard InChI is InChI=1S/C29H26FNO5/c1-3-15-36-29(35)21-9-7-19(8-10-21)17-31-25(22-6-4-5-18(2)16-22)24(27(33)28(31)34)26(32)20-11-13-23(30)14-12-20/h4-14,16,25,32H,3,15,17H2,1-2H3/b26-24+. The number of benzene rings is 3. The lowest BCUT2D eigenvalue weighted by molar-refractivity contribution is -0.140. The van der Waals surface area contributed by atoms with Crippen LogP contribution in [0.15, 0.2) is 78.4 Å². The van der Waals surface area contributed by atoms with Crippen LogP contribution in [0.5, 0.6) is 0 Å². The third-order valence-electron chi connectivity index (χ3n) is 6.00. The quantitative estimate of drug-likeness (QED) is 0.211. The Morgan fingerprint density at radius 1 is 1.00 bits per heavy atom. The van der Waals surface area contributed by atoms with Crippen LogP contribution in [0.2, 0.25) is 0 Å². The number of carbonyl (C=O) groups excluding carboxylic acids is 3. The predicted molar refractivity (Wildman–Crippen MR) is 132 cm³/mol. The van der Waals surface area contributed by atoms with Gasteiger partial charge in [0, 0.05) is 12.1 Å². The third kappa shape index (κ3) is 5.05. The first kappa shape index (κ1) is 24.9.